The van der Waals surface area contributed by atoms with Gasteiger partial charge in [-0.1, -0.05) is 6.07 Å². The van der Waals surface area contributed by atoms with Crippen molar-refractivity contribution in [3.05, 3.63) is 60.2 Å². The number of aromatic nitrogens is 1. The molecule has 1 amide bonds. The van der Waals surface area contributed by atoms with Gasteiger partial charge in [-0.2, -0.15) is 0 Å². The largest absolute Gasteiger partial charge is 0.453 e. The van der Waals surface area contributed by atoms with E-state index in [0.29, 0.717) is 11.3 Å². The minimum Gasteiger partial charge on any atom is -0.453 e. The molecule has 150 valence electrons. The third-order valence-electron chi connectivity index (χ3n) is 3.85. The molecule has 0 spiro atoms. The second kappa shape index (κ2) is 8.97. The first-order valence-electron chi connectivity index (χ1n) is 8.64. The van der Waals surface area contributed by atoms with E-state index < -0.39 is 26.3 Å². The number of ether oxygens (including phenoxy) is 1. The fourth-order valence-corrected chi connectivity index (χ4v) is 3.07. The summed E-state index contributed by atoms with van der Waals surface area (Å²) < 4.78 is 42.7. The molecule has 0 saturated carbocycles. The molecule has 1 aromatic carbocycles. The molecule has 0 aliphatic carbocycles. The van der Waals surface area contributed by atoms with Gasteiger partial charge in [0.15, 0.2) is 21.4 Å². The normalized spacial score (nSPS) is 12.1. The second-order valence-electron chi connectivity index (χ2n) is 7.04. The Labute approximate surface area is 164 Å². The maximum atomic E-state index is 14.2. The molecule has 1 N–H and O–H groups in total. The van der Waals surface area contributed by atoms with Gasteiger partial charge in [-0.25, -0.2) is 12.8 Å². The lowest BCUT2D eigenvalue weighted by atomic mass is 10.2. The van der Waals surface area contributed by atoms with E-state index in [1.807, 2.05) is 0 Å². The molecule has 28 heavy (non-hydrogen) atoms. The van der Waals surface area contributed by atoms with Gasteiger partial charge in [0.05, 0.1) is 16.7 Å². The SMILES string of the molecule is CC(C)(C)S(=O)(=O)CCNC(=O)/C=C/c1ccc(Oc2cccnc2)c(F)c1. The number of sulfone groups is 1. The van der Waals surface area contributed by atoms with Gasteiger partial charge in [-0.05, 0) is 56.7 Å². The molecule has 0 atom stereocenters. The molecule has 0 fully saturated rings. The van der Waals surface area contributed by atoms with Crippen molar-refractivity contribution in [2.45, 2.75) is 25.5 Å². The molecule has 0 radical (unpaired) electrons. The van der Waals surface area contributed by atoms with Gasteiger partial charge in [0.25, 0.3) is 0 Å². The predicted molar refractivity (Wildman–Crippen MR) is 106 cm³/mol. The number of nitrogens with one attached hydrogen (secondary N) is 1. The van der Waals surface area contributed by atoms with E-state index in [4.69, 9.17) is 4.74 Å². The molecule has 0 aliphatic heterocycles. The molecule has 1 aromatic heterocycles. The van der Waals surface area contributed by atoms with E-state index in [9.17, 15) is 17.6 Å². The lowest BCUT2D eigenvalue weighted by molar-refractivity contribution is -0.116. The molecular formula is C20H23FN2O4S. The number of carbonyl (C=O) groups excluding carboxylic acids is 1. The third-order valence-corrected chi connectivity index (χ3v) is 6.46. The molecule has 0 aliphatic rings. The summed E-state index contributed by atoms with van der Waals surface area (Å²) >= 11 is 0. The lowest BCUT2D eigenvalue weighted by Gasteiger charge is -2.18. The number of amides is 1. The summed E-state index contributed by atoms with van der Waals surface area (Å²) in [6.45, 7) is 4.84. The van der Waals surface area contributed by atoms with Crippen LogP contribution < -0.4 is 10.1 Å². The van der Waals surface area contributed by atoms with Crippen molar-refractivity contribution >= 4 is 21.8 Å². The van der Waals surface area contributed by atoms with E-state index in [1.165, 1.54) is 30.5 Å². The molecular weight excluding hydrogens is 383 g/mol. The fraction of sp³-hybridized carbons (Fsp3) is 0.300. The van der Waals surface area contributed by atoms with Gasteiger partial charge in [0.1, 0.15) is 5.75 Å². The van der Waals surface area contributed by atoms with Crippen molar-refractivity contribution in [2.75, 3.05) is 12.3 Å². The Bertz CT molecular complexity index is 952. The zero-order valence-electron chi connectivity index (χ0n) is 16.0. The van der Waals surface area contributed by atoms with Crippen LogP contribution in [0.4, 0.5) is 4.39 Å². The summed E-state index contributed by atoms with van der Waals surface area (Å²) in [6.07, 6.45) is 5.71. The van der Waals surface area contributed by atoms with Crippen molar-refractivity contribution in [2.24, 2.45) is 0 Å². The highest BCUT2D eigenvalue weighted by atomic mass is 32.2. The van der Waals surface area contributed by atoms with Gasteiger partial charge in [-0.3, -0.25) is 9.78 Å². The highest BCUT2D eigenvalue weighted by Crippen LogP contribution is 2.24. The summed E-state index contributed by atoms with van der Waals surface area (Å²) in [5, 5.41) is 2.51. The molecule has 6 nitrogen and oxygen atoms in total. The molecule has 0 unspecified atom stereocenters. The molecule has 2 rings (SSSR count). The van der Waals surface area contributed by atoms with E-state index in [0.717, 1.165) is 0 Å². The number of carbonyl (C=O) groups is 1. The Morgan fingerprint density at radius 2 is 2.04 bits per heavy atom. The minimum absolute atomic E-state index is 0.00896. The van der Waals surface area contributed by atoms with Crippen LogP contribution in [0, 0.1) is 5.82 Å². The Hall–Kier alpha value is -2.74. The van der Waals surface area contributed by atoms with E-state index in [1.54, 1.807) is 45.2 Å². The van der Waals surface area contributed by atoms with Crippen LogP contribution in [-0.2, 0) is 14.6 Å². The van der Waals surface area contributed by atoms with Crippen LogP contribution in [0.2, 0.25) is 0 Å². The van der Waals surface area contributed by atoms with Crippen molar-refractivity contribution in [1.29, 1.82) is 0 Å². The maximum Gasteiger partial charge on any atom is 0.244 e. The van der Waals surface area contributed by atoms with Crippen LogP contribution in [0.15, 0.2) is 48.8 Å². The quantitative estimate of drug-likeness (QED) is 0.713. The third kappa shape index (κ3) is 6.16. The van der Waals surface area contributed by atoms with Gasteiger partial charge in [0.2, 0.25) is 5.91 Å². The van der Waals surface area contributed by atoms with Crippen LogP contribution in [0.3, 0.4) is 0 Å². The van der Waals surface area contributed by atoms with Crippen LogP contribution in [0.1, 0.15) is 26.3 Å². The lowest BCUT2D eigenvalue weighted by Crippen LogP contribution is -2.36. The Morgan fingerprint density at radius 1 is 1.29 bits per heavy atom. The van der Waals surface area contributed by atoms with Crippen molar-refractivity contribution in [3.8, 4) is 11.5 Å². The number of nitrogens with zero attached hydrogens (tertiary/aromatic N) is 1. The van der Waals surface area contributed by atoms with Crippen molar-refractivity contribution in [3.63, 3.8) is 0 Å². The maximum absolute atomic E-state index is 14.2. The topological polar surface area (TPSA) is 85.4 Å². The number of halogens is 1. The summed E-state index contributed by atoms with van der Waals surface area (Å²) in [6, 6.07) is 7.62. The van der Waals surface area contributed by atoms with E-state index in [-0.39, 0.29) is 18.0 Å². The zero-order valence-corrected chi connectivity index (χ0v) is 16.8. The van der Waals surface area contributed by atoms with Crippen LogP contribution in [0.5, 0.6) is 11.5 Å². The fourth-order valence-electron chi connectivity index (χ4n) is 2.08. The van der Waals surface area contributed by atoms with E-state index in [2.05, 4.69) is 10.3 Å². The first-order valence-corrected chi connectivity index (χ1v) is 10.3. The standard InChI is InChI=1S/C20H23FN2O4S/c1-20(2,3)28(25,26)12-11-23-19(24)9-7-15-6-8-18(17(21)13-15)27-16-5-4-10-22-14-16/h4-10,13-14H,11-12H2,1-3H3,(H,23,24)/b9-7+. The van der Waals surface area contributed by atoms with Crippen LogP contribution >= 0.6 is 0 Å². The Balaban J connectivity index is 1.91. The minimum atomic E-state index is -3.30. The smallest absolute Gasteiger partial charge is 0.244 e. The average molecular weight is 406 g/mol. The van der Waals surface area contributed by atoms with Gasteiger partial charge < -0.3 is 10.1 Å². The van der Waals surface area contributed by atoms with Crippen LogP contribution in [-0.4, -0.2) is 36.4 Å². The van der Waals surface area contributed by atoms with Gasteiger partial charge in [0, 0.05) is 18.8 Å². The van der Waals surface area contributed by atoms with Gasteiger partial charge in [-0.15, -0.1) is 0 Å². The molecule has 1 heterocycles. The Kier molecular flexibility index (Phi) is 6.90. The second-order valence-corrected chi connectivity index (χ2v) is 9.90. The monoisotopic (exact) mass is 406 g/mol. The Morgan fingerprint density at radius 3 is 2.64 bits per heavy atom. The zero-order chi connectivity index (χ0) is 20.8. The number of benzene rings is 1. The summed E-state index contributed by atoms with van der Waals surface area (Å²) in [4.78, 5) is 15.7. The first-order chi connectivity index (χ1) is 13.1. The highest BCUT2D eigenvalue weighted by molar-refractivity contribution is 7.92. The summed E-state index contributed by atoms with van der Waals surface area (Å²) in [7, 11) is -3.30. The van der Waals surface area contributed by atoms with Crippen LogP contribution in [0.25, 0.3) is 6.08 Å². The average Bonchev–Trinajstić information content (AvgIpc) is 2.62. The molecule has 0 bridgehead atoms. The molecule has 2 aromatic rings. The number of pyridine rings is 1. The number of rotatable bonds is 7. The highest BCUT2D eigenvalue weighted by Gasteiger charge is 2.28. The predicted octanol–water partition coefficient (Wildman–Crippen LogP) is 3.36. The summed E-state index contributed by atoms with van der Waals surface area (Å²) in [5.74, 6) is -0.732. The number of hydrogen-bond acceptors (Lipinski definition) is 5. The first kappa shape index (κ1) is 21.6. The van der Waals surface area contributed by atoms with Crippen molar-refractivity contribution in [1.82, 2.24) is 10.3 Å². The molecule has 0 saturated heterocycles. The van der Waals surface area contributed by atoms with Crippen molar-refractivity contribution < 1.29 is 22.3 Å². The van der Waals surface area contributed by atoms with E-state index >= 15 is 0 Å². The number of hydrogen-bond donors (Lipinski definition) is 1. The molecule has 8 heteroatoms. The van der Waals surface area contributed by atoms with Gasteiger partial charge >= 0.3 is 0 Å². The summed E-state index contributed by atoms with van der Waals surface area (Å²) in [5.41, 5.74) is 0.466.